The minimum atomic E-state index is -0.770. The SMILES string of the molecule is O=C(COC(=O)c1ccc2c(c1)C(=O)N(c1cccc(Cl)c1)C2=O)c1ccc(-c2ccccc2)cc1. The van der Waals surface area contributed by atoms with Gasteiger partial charge in [-0.1, -0.05) is 72.3 Å². The Balaban J connectivity index is 1.27. The van der Waals surface area contributed by atoms with Gasteiger partial charge in [0.15, 0.2) is 12.4 Å². The number of nitrogens with zero attached hydrogens (tertiary/aromatic N) is 1. The quantitative estimate of drug-likeness (QED) is 0.190. The van der Waals surface area contributed by atoms with Crippen molar-refractivity contribution in [3.63, 3.8) is 0 Å². The molecule has 7 heteroatoms. The van der Waals surface area contributed by atoms with Crippen LogP contribution in [0.1, 0.15) is 41.4 Å². The lowest BCUT2D eigenvalue weighted by atomic mass is 10.0. The maximum absolute atomic E-state index is 12.9. The molecule has 6 nitrogen and oxygen atoms in total. The molecule has 1 aliphatic rings. The summed E-state index contributed by atoms with van der Waals surface area (Å²) < 4.78 is 5.19. The Morgan fingerprint density at radius 1 is 0.694 bits per heavy atom. The predicted molar refractivity (Wildman–Crippen MR) is 136 cm³/mol. The number of imide groups is 1. The van der Waals surface area contributed by atoms with Gasteiger partial charge in [0.05, 0.1) is 22.4 Å². The number of anilines is 1. The van der Waals surface area contributed by atoms with Crippen LogP contribution in [0, 0.1) is 0 Å². The number of ether oxygens (including phenoxy) is 1. The van der Waals surface area contributed by atoms with Gasteiger partial charge < -0.3 is 4.74 Å². The number of carbonyl (C=O) groups is 4. The summed E-state index contributed by atoms with van der Waals surface area (Å²) in [4.78, 5) is 51.9. The predicted octanol–water partition coefficient (Wildman–Crippen LogP) is 5.85. The second-order valence-corrected chi connectivity index (χ2v) is 8.57. The van der Waals surface area contributed by atoms with E-state index < -0.39 is 24.4 Å². The molecule has 2 amide bonds. The molecule has 0 radical (unpaired) electrons. The van der Waals surface area contributed by atoms with Crippen molar-refractivity contribution in [2.24, 2.45) is 0 Å². The number of fused-ring (bicyclic) bond motifs is 1. The van der Waals surface area contributed by atoms with E-state index >= 15 is 0 Å². The highest BCUT2D eigenvalue weighted by Crippen LogP contribution is 2.30. The summed E-state index contributed by atoms with van der Waals surface area (Å²) >= 11 is 6.00. The number of hydrogen-bond acceptors (Lipinski definition) is 5. The molecule has 0 aliphatic carbocycles. The third-order valence-corrected chi connectivity index (χ3v) is 6.07. The molecule has 36 heavy (non-hydrogen) atoms. The normalized spacial score (nSPS) is 12.4. The molecule has 176 valence electrons. The largest absolute Gasteiger partial charge is 0.454 e. The smallest absolute Gasteiger partial charge is 0.338 e. The Kier molecular flexibility index (Phi) is 6.19. The van der Waals surface area contributed by atoms with Crippen LogP contribution in [0.4, 0.5) is 5.69 Å². The van der Waals surface area contributed by atoms with Crippen molar-refractivity contribution in [3.8, 4) is 11.1 Å². The summed E-state index contributed by atoms with van der Waals surface area (Å²) in [6.45, 7) is -0.456. The number of ketones is 1. The fourth-order valence-electron chi connectivity index (χ4n) is 3.99. The number of Topliss-reactive ketones (excluding diaryl/α,β-unsaturated/α-hetero) is 1. The number of benzene rings is 4. The topological polar surface area (TPSA) is 80.8 Å². The first kappa shape index (κ1) is 23.2. The fourth-order valence-corrected chi connectivity index (χ4v) is 4.18. The van der Waals surface area contributed by atoms with Gasteiger partial charge in [-0.3, -0.25) is 14.4 Å². The molecule has 0 spiro atoms. The van der Waals surface area contributed by atoms with Crippen molar-refractivity contribution in [1.29, 1.82) is 0 Å². The van der Waals surface area contributed by atoms with Gasteiger partial charge in [-0.05, 0) is 47.5 Å². The van der Waals surface area contributed by atoms with Gasteiger partial charge in [0, 0.05) is 10.6 Å². The average molecular weight is 496 g/mol. The Morgan fingerprint density at radius 3 is 2.08 bits per heavy atom. The maximum atomic E-state index is 12.9. The van der Waals surface area contributed by atoms with Gasteiger partial charge in [-0.15, -0.1) is 0 Å². The Labute approximate surface area is 211 Å². The molecule has 1 heterocycles. The second-order valence-electron chi connectivity index (χ2n) is 8.13. The van der Waals surface area contributed by atoms with E-state index in [0.29, 0.717) is 16.3 Å². The number of halogens is 1. The fraction of sp³-hybridized carbons (Fsp3) is 0.0345. The number of rotatable bonds is 6. The van der Waals surface area contributed by atoms with Crippen LogP contribution in [0.3, 0.4) is 0 Å². The zero-order valence-corrected chi connectivity index (χ0v) is 19.6. The number of hydrogen-bond donors (Lipinski definition) is 0. The van der Waals surface area contributed by atoms with Crippen molar-refractivity contribution in [2.45, 2.75) is 0 Å². The minimum absolute atomic E-state index is 0.0649. The molecule has 0 saturated heterocycles. The van der Waals surface area contributed by atoms with E-state index in [1.165, 1.54) is 24.3 Å². The van der Waals surface area contributed by atoms with E-state index in [1.807, 2.05) is 42.5 Å². The highest BCUT2D eigenvalue weighted by molar-refractivity contribution is 6.35. The lowest BCUT2D eigenvalue weighted by Crippen LogP contribution is -2.29. The summed E-state index contributed by atoms with van der Waals surface area (Å²) in [6, 6.07) is 27.3. The monoisotopic (exact) mass is 495 g/mol. The molecular weight excluding hydrogens is 478 g/mol. The number of carbonyl (C=O) groups excluding carboxylic acids is 4. The van der Waals surface area contributed by atoms with Gasteiger partial charge in [-0.2, -0.15) is 0 Å². The first-order valence-electron chi connectivity index (χ1n) is 11.1. The summed E-state index contributed by atoms with van der Waals surface area (Å²) in [5.74, 6) is -2.20. The van der Waals surface area contributed by atoms with E-state index in [-0.39, 0.29) is 22.5 Å². The zero-order valence-electron chi connectivity index (χ0n) is 18.8. The van der Waals surface area contributed by atoms with Crippen LogP contribution in [0.2, 0.25) is 5.02 Å². The van der Waals surface area contributed by atoms with Crippen LogP contribution in [-0.4, -0.2) is 30.2 Å². The standard InChI is InChI=1S/C29H18ClNO5/c30-22-7-4-8-23(16-22)31-27(33)24-14-13-21(15-25(24)28(31)34)29(35)36-17-26(32)20-11-9-19(10-12-20)18-5-2-1-3-6-18/h1-16H,17H2. The third kappa shape index (κ3) is 4.42. The van der Waals surface area contributed by atoms with Crippen LogP contribution < -0.4 is 4.90 Å². The average Bonchev–Trinajstić information content (AvgIpc) is 3.16. The summed E-state index contributed by atoms with van der Waals surface area (Å²) in [7, 11) is 0. The van der Waals surface area contributed by atoms with E-state index in [9.17, 15) is 19.2 Å². The molecule has 4 aromatic carbocycles. The van der Waals surface area contributed by atoms with E-state index in [1.54, 1.807) is 30.3 Å². The lowest BCUT2D eigenvalue weighted by molar-refractivity contribution is 0.0474. The van der Waals surface area contributed by atoms with E-state index in [0.717, 1.165) is 16.0 Å². The molecule has 0 fully saturated rings. The lowest BCUT2D eigenvalue weighted by Gasteiger charge is -2.13. The second kappa shape index (κ2) is 9.60. The van der Waals surface area contributed by atoms with Crippen LogP contribution in [0.15, 0.2) is 97.1 Å². The maximum Gasteiger partial charge on any atom is 0.338 e. The van der Waals surface area contributed by atoms with Crippen molar-refractivity contribution in [1.82, 2.24) is 0 Å². The zero-order chi connectivity index (χ0) is 25.2. The van der Waals surface area contributed by atoms with Crippen LogP contribution in [-0.2, 0) is 4.74 Å². The molecule has 1 aliphatic heterocycles. The van der Waals surface area contributed by atoms with E-state index in [4.69, 9.17) is 16.3 Å². The summed E-state index contributed by atoms with van der Waals surface area (Å²) in [5, 5.41) is 0.382. The van der Waals surface area contributed by atoms with Crippen molar-refractivity contribution in [3.05, 3.63) is 124 Å². The molecule has 5 rings (SSSR count). The molecular formula is C29H18ClNO5. The number of esters is 1. The molecule has 0 aromatic heterocycles. The summed E-state index contributed by atoms with van der Waals surface area (Å²) in [5.41, 5.74) is 3.06. The Morgan fingerprint density at radius 2 is 1.36 bits per heavy atom. The molecule has 0 bridgehead atoms. The van der Waals surface area contributed by atoms with Gasteiger partial charge >= 0.3 is 5.97 Å². The van der Waals surface area contributed by atoms with Crippen molar-refractivity contribution < 1.29 is 23.9 Å². The van der Waals surface area contributed by atoms with Crippen LogP contribution >= 0.6 is 11.6 Å². The minimum Gasteiger partial charge on any atom is -0.454 e. The van der Waals surface area contributed by atoms with Crippen LogP contribution in [0.25, 0.3) is 11.1 Å². The Bertz CT molecular complexity index is 1510. The Hall–Kier alpha value is -4.55. The van der Waals surface area contributed by atoms with Gasteiger partial charge in [0.25, 0.3) is 11.8 Å². The van der Waals surface area contributed by atoms with Gasteiger partial charge in [-0.25, -0.2) is 9.69 Å². The van der Waals surface area contributed by atoms with Gasteiger partial charge in [0.1, 0.15) is 0 Å². The first-order chi connectivity index (χ1) is 17.4. The highest BCUT2D eigenvalue weighted by atomic mass is 35.5. The third-order valence-electron chi connectivity index (χ3n) is 5.84. The molecule has 0 N–H and O–H groups in total. The van der Waals surface area contributed by atoms with Crippen molar-refractivity contribution in [2.75, 3.05) is 11.5 Å². The molecule has 0 saturated carbocycles. The molecule has 0 atom stereocenters. The van der Waals surface area contributed by atoms with E-state index in [2.05, 4.69) is 0 Å². The van der Waals surface area contributed by atoms with Crippen LogP contribution in [0.5, 0.6) is 0 Å². The number of amides is 2. The molecule has 0 unspecified atom stereocenters. The first-order valence-corrected chi connectivity index (χ1v) is 11.4. The highest BCUT2D eigenvalue weighted by Gasteiger charge is 2.37. The summed E-state index contributed by atoms with van der Waals surface area (Å²) in [6.07, 6.45) is 0. The van der Waals surface area contributed by atoms with Crippen molar-refractivity contribution >= 4 is 40.9 Å². The molecule has 4 aromatic rings. The van der Waals surface area contributed by atoms with Gasteiger partial charge in [0.2, 0.25) is 0 Å².